The van der Waals surface area contributed by atoms with Crippen LogP contribution in [0.15, 0.2) is 87.3 Å². The summed E-state index contributed by atoms with van der Waals surface area (Å²) in [5.74, 6) is 0.346. The number of para-hydroxylation sites is 1. The van der Waals surface area contributed by atoms with Gasteiger partial charge >= 0.3 is 0 Å². The van der Waals surface area contributed by atoms with Crippen molar-refractivity contribution in [2.45, 2.75) is 19.9 Å². The minimum absolute atomic E-state index is 0.218. The molecule has 0 aliphatic heterocycles. The van der Waals surface area contributed by atoms with Crippen LogP contribution < -0.4 is 5.56 Å². The minimum Gasteiger partial charge on any atom is -0.342 e. The molecule has 3 aromatic carbocycles. The third-order valence-electron chi connectivity index (χ3n) is 5.62. The van der Waals surface area contributed by atoms with Gasteiger partial charge in [-0.05, 0) is 30.3 Å². The fourth-order valence-corrected chi connectivity index (χ4v) is 4.34. The fraction of sp³-hybridized carbons (Fsp3) is 0.115. The third kappa shape index (κ3) is 4.00. The Morgan fingerprint density at radius 2 is 1.85 bits per heavy atom. The molecule has 0 radical (unpaired) electrons. The predicted molar refractivity (Wildman–Crippen MR) is 134 cm³/mol. The van der Waals surface area contributed by atoms with E-state index in [2.05, 4.69) is 26.0 Å². The largest absolute Gasteiger partial charge is 0.342 e. The van der Waals surface area contributed by atoms with E-state index in [-0.39, 0.29) is 11.4 Å². The molecule has 5 rings (SSSR count). The Morgan fingerprint density at radius 3 is 2.67 bits per heavy atom. The maximum absolute atomic E-state index is 14.2. The van der Waals surface area contributed by atoms with Crippen LogP contribution in [0.2, 0.25) is 0 Å². The Kier molecular flexibility index (Phi) is 5.64. The van der Waals surface area contributed by atoms with Crippen molar-refractivity contribution in [3.63, 3.8) is 0 Å². The summed E-state index contributed by atoms with van der Waals surface area (Å²) in [6.07, 6.45) is 4.17. The van der Waals surface area contributed by atoms with Gasteiger partial charge < -0.3 is 4.57 Å². The molecule has 0 N–H and O–H groups in total. The van der Waals surface area contributed by atoms with Crippen LogP contribution in [0.3, 0.4) is 0 Å². The van der Waals surface area contributed by atoms with E-state index in [9.17, 15) is 9.18 Å². The molecule has 2 heterocycles. The molecule has 0 atom stereocenters. The molecule has 5 nitrogen and oxygen atoms in total. The summed E-state index contributed by atoms with van der Waals surface area (Å²) in [5, 5.41) is 6.00. The Morgan fingerprint density at radius 1 is 1.06 bits per heavy atom. The predicted octanol–water partition coefficient (Wildman–Crippen LogP) is 5.75. The zero-order valence-corrected chi connectivity index (χ0v) is 19.5. The lowest BCUT2D eigenvalue weighted by Gasteiger charge is -2.07. The molecular weight excluding hydrogens is 483 g/mol. The number of hydrogen-bond acceptors (Lipinski definition) is 3. The molecule has 0 unspecified atom stereocenters. The first kappa shape index (κ1) is 21.3. The van der Waals surface area contributed by atoms with Gasteiger partial charge in [0.25, 0.3) is 5.56 Å². The van der Waals surface area contributed by atoms with Gasteiger partial charge in [-0.3, -0.25) is 4.79 Å². The number of halogens is 2. The second-order valence-electron chi connectivity index (χ2n) is 7.73. The summed E-state index contributed by atoms with van der Waals surface area (Å²) in [7, 11) is 0. The number of benzene rings is 3. The van der Waals surface area contributed by atoms with E-state index in [1.54, 1.807) is 24.4 Å². The van der Waals surface area contributed by atoms with Gasteiger partial charge in [0.05, 0.1) is 23.7 Å². The van der Waals surface area contributed by atoms with Crippen molar-refractivity contribution in [3.8, 4) is 0 Å². The van der Waals surface area contributed by atoms with Crippen molar-refractivity contribution in [2.75, 3.05) is 0 Å². The zero-order chi connectivity index (χ0) is 22.9. The highest BCUT2D eigenvalue weighted by Gasteiger charge is 2.12. The Bertz CT molecular complexity index is 1590. The second kappa shape index (κ2) is 8.75. The lowest BCUT2D eigenvalue weighted by molar-refractivity contribution is 0.602. The molecule has 0 aliphatic rings. The van der Waals surface area contributed by atoms with Gasteiger partial charge in [0.2, 0.25) is 0 Å². The van der Waals surface area contributed by atoms with Crippen LogP contribution in [0.1, 0.15) is 23.9 Å². The Labute approximate surface area is 197 Å². The fourth-order valence-electron chi connectivity index (χ4n) is 3.98. The molecule has 7 heteroatoms. The van der Waals surface area contributed by atoms with Crippen molar-refractivity contribution in [1.29, 1.82) is 0 Å². The molecule has 0 saturated carbocycles. The molecule has 2 aromatic heterocycles. The molecule has 0 saturated heterocycles. The maximum Gasteiger partial charge on any atom is 0.282 e. The van der Waals surface area contributed by atoms with Gasteiger partial charge in [-0.15, -0.1) is 0 Å². The van der Waals surface area contributed by atoms with E-state index < -0.39 is 0 Å². The van der Waals surface area contributed by atoms with E-state index >= 15 is 0 Å². The molecule has 33 heavy (non-hydrogen) atoms. The number of hydrogen-bond donors (Lipinski definition) is 0. The van der Waals surface area contributed by atoms with Crippen LogP contribution >= 0.6 is 15.9 Å². The molecule has 5 aromatic rings. The third-order valence-corrected chi connectivity index (χ3v) is 6.12. The number of aromatic nitrogens is 3. The molecule has 164 valence electrons. The van der Waals surface area contributed by atoms with E-state index in [0.29, 0.717) is 35.3 Å². The highest BCUT2D eigenvalue weighted by molar-refractivity contribution is 9.10. The summed E-state index contributed by atoms with van der Waals surface area (Å²) < 4.78 is 18.4. The van der Waals surface area contributed by atoms with Gasteiger partial charge in [0.1, 0.15) is 11.6 Å². The Hall–Kier alpha value is -3.58. The van der Waals surface area contributed by atoms with Crippen molar-refractivity contribution in [1.82, 2.24) is 14.2 Å². The molecule has 0 bridgehead atoms. The highest BCUT2D eigenvalue weighted by Crippen LogP contribution is 2.22. The minimum atomic E-state index is -0.238. The highest BCUT2D eigenvalue weighted by atomic mass is 79.9. The first-order valence-electron chi connectivity index (χ1n) is 10.6. The molecule has 0 fully saturated rings. The van der Waals surface area contributed by atoms with Crippen LogP contribution in [0.5, 0.6) is 0 Å². The summed E-state index contributed by atoms with van der Waals surface area (Å²) in [4.78, 5) is 17.8. The first-order chi connectivity index (χ1) is 16.0. The quantitative estimate of drug-likeness (QED) is 0.287. The number of aryl methyl sites for hydroxylation is 1. The first-order valence-corrected chi connectivity index (χ1v) is 11.4. The lowest BCUT2D eigenvalue weighted by Crippen LogP contribution is -2.22. The average molecular weight is 503 g/mol. The zero-order valence-electron chi connectivity index (χ0n) is 17.9. The van der Waals surface area contributed by atoms with E-state index in [1.165, 1.54) is 10.7 Å². The number of rotatable bonds is 5. The standard InChI is InChI=1S/C26H20BrFN4O/c1-2-25-30-23-12-11-19(27)13-21(23)26(33)32(25)29-14-18-16-31(24-10-6-4-8-20(18)24)15-17-7-3-5-9-22(17)28/h3-14,16H,2,15H2,1H3. The average Bonchev–Trinajstić information content (AvgIpc) is 3.17. The number of nitrogens with zero attached hydrogens (tertiary/aromatic N) is 4. The maximum atomic E-state index is 14.2. The van der Waals surface area contributed by atoms with E-state index in [4.69, 9.17) is 0 Å². The van der Waals surface area contributed by atoms with Gasteiger partial charge in [-0.1, -0.05) is 59.3 Å². The number of fused-ring (bicyclic) bond motifs is 2. The summed E-state index contributed by atoms with van der Waals surface area (Å²) >= 11 is 3.42. The smallest absolute Gasteiger partial charge is 0.282 e. The summed E-state index contributed by atoms with van der Waals surface area (Å²) in [6, 6.07) is 20.1. The van der Waals surface area contributed by atoms with Crippen LogP contribution in [-0.4, -0.2) is 20.4 Å². The molecule has 0 aliphatic carbocycles. The molecular formula is C26H20BrFN4O. The molecule has 0 spiro atoms. The summed E-state index contributed by atoms with van der Waals surface area (Å²) in [5.41, 5.74) is 2.84. The topological polar surface area (TPSA) is 52.2 Å². The summed E-state index contributed by atoms with van der Waals surface area (Å²) in [6.45, 7) is 2.34. The van der Waals surface area contributed by atoms with Crippen molar-refractivity contribution in [3.05, 3.63) is 111 Å². The van der Waals surface area contributed by atoms with Crippen LogP contribution in [0.25, 0.3) is 21.8 Å². The van der Waals surface area contributed by atoms with Crippen molar-refractivity contribution < 1.29 is 4.39 Å². The van der Waals surface area contributed by atoms with E-state index in [1.807, 2.05) is 60.2 Å². The van der Waals surface area contributed by atoms with Crippen LogP contribution in [-0.2, 0) is 13.0 Å². The second-order valence-corrected chi connectivity index (χ2v) is 8.64. The normalized spacial score (nSPS) is 11.7. The van der Waals surface area contributed by atoms with Gasteiger partial charge in [-0.25, -0.2) is 9.37 Å². The monoisotopic (exact) mass is 502 g/mol. The molecule has 0 amide bonds. The van der Waals surface area contributed by atoms with Crippen molar-refractivity contribution in [2.24, 2.45) is 5.10 Å². The lowest BCUT2D eigenvalue weighted by atomic mass is 10.2. The SMILES string of the molecule is CCc1nc2ccc(Br)cc2c(=O)n1N=Cc1cn(Cc2ccccc2F)c2ccccc12. The van der Waals surface area contributed by atoms with Crippen molar-refractivity contribution >= 4 is 44.0 Å². The van der Waals surface area contributed by atoms with Crippen LogP contribution in [0, 0.1) is 5.82 Å². The van der Waals surface area contributed by atoms with Crippen LogP contribution in [0.4, 0.5) is 4.39 Å². The Balaban J connectivity index is 1.61. The van der Waals surface area contributed by atoms with E-state index in [0.717, 1.165) is 20.9 Å². The van der Waals surface area contributed by atoms with Gasteiger partial charge in [0, 0.05) is 39.1 Å². The van der Waals surface area contributed by atoms with Gasteiger partial charge in [0.15, 0.2) is 0 Å². The van der Waals surface area contributed by atoms with Gasteiger partial charge in [-0.2, -0.15) is 9.78 Å².